The van der Waals surface area contributed by atoms with E-state index in [4.69, 9.17) is 18.9 Å². The van der Waals surface area contributed by atoms with Crippen molar-refractivity contribution in [2.75, 3.05) is 33.0 Å². The molecule has 0 N–H and O–H groups in total. The second-order valence-corrected chi connectivity index (χ2v) is 6.73. The predicted octanol–water partition coefficient (Wildman–Crippen LogP) is 2.18. The Hall–Kier alpha value is -0.460. The highest BCUT2D eigenvalue weighted by Gasteiger charge is 2.69. The Labute approximate surface area is 123 Å². The standard InChI is InChI=1S/C15H20O4S/c1-11-8-14(13(11)17-4-6-18-14)15(10-16-3-5-19-15)12-2-7-20-9-12/h2,7,9,11,13H,3-6,8,10H2,1H3. The minimum absolute atomic E-state index is 0.109. The lowest BCUT2D eigenvalue weighted by atomic mass is 9.58. The van der Waals surface area contributed by atoms with Crippen molar-refractivity contribution in [2.45, 2.75) is 30.7 Å². The number of ether oxygens (including phenoxy) is 4. The first-order chi connectivity index (χ1) is 9.79. The second kappa shape index (κ2) is 4.78. The predicted molar refractivity (Wildman–Crippen MR) is 75.0 cm³/mol. The van der Waals surface area contributed by atoms with Crippen molar-refractivity contribution in [3.05, 3.63) is 22.4 Å². The van der Waals surface area contributed by atoms with E-state index in [2.05, 4.69) is 23.8 Å². The number of hydrogen-bond donors (Lipinski definition) is 0. The molecule has 4 unspecified atom stereocenters. The molecule has 2 saturated heterocycles. The van der Waals surface area contributed by atoms with Crippen LogP contribution in [-0.2, 0) is 24.5 Å². The molecular formula is C15H20O4S. The van der Waals surface area contributed by atoms with Crippen molar-refractivity contribution in [1.82, 2.24) is 0 Å². The molecule has 4 atom stereocenters. The molecule has 1 aromatic rings. The molecule has 0 radical (unpaired) electrons. The van der Waals surface area contributed by atoms with Crippen molar-refractivity contribution in [1.29, 1.82) is 0 Å². The SMILES string of the molecule is CC1CC2(C3(c4ccsc4)COCCO3)OCCOC12. The van der Waals surface area contributed by atoms with Crippen molar-refractivity contribution in [3.63, 3.8) is 0 Å². The van der Waals surface area contributed by atoms with Gasteiger partial charge in [0.15, 0.2) is 0 Å². The van der Waals surface area contributed by atoms with E-state index in [-0.39, 0.29) is 11.7 Å². The van der Waals surface area contributed by atoms with Gasteiger partial charge in [0.1, 0.15) is 11.2 Å². The summed E-state index contributed by atoms with van der Waals surface area (Å²) in [6.45, 7) is 5.36. The van der Waals surface area contributed by atoms with Gasteiger partial charge in [-0.3, -0.25) is 0 Å². The summed E-state index contributed by atoms with van der Waals surface area (Å²) in [6.07, 6.45) is 1.08. The summed E-state index contributed by atoms with van der Waals surface area (Å²) >= 11 is 1.69. The minimum Gasteiger partial charge on any atom is -0.376 e. The first-order valence-electron chi connectivity index (χ1n) is 7.28. The van der Waals surface area contributed by atoms with Gasteiger partial charge in [0, 0.05) is 0 Å². The van der Waals surface area contributed by atoms with Crippen LogP contribution in [0.15, 0.2) is 16.8 Å². The second-order valence-electron chi connectivity index (χ2n) is 5.95. The minimum atomic E-state index is -0.511. The molecule has 1 aliphatic carbocycles. The highest BCUT2D eigenvalue weighted by molar-refractivity contribution is 7.08. The molecule has 1 aromatic heterocycles. The number of thiophene rings is 1. The topological polar surface area (TPSA) is 36.9 Å². The molecule has 5 heteroatoms. The number of fused-ring (bicyclic) bond motifs is 1. The average molecular weight is 296 g/mol. The Balaban J connectivity index is 1.78. The van der Waals surface area contributed by atoms with E-state index in [1.54, 1.807) is 11.3 Å². The third-order valence-electron chi connectivity index (χ3n) is 4.89. The largest absolute Gasteiger partial charge is 0.376 e. The van der Waals surface area contributed by atoms with E-state index in [0.717, 1.165) is 6.42 Å². The molecule has 0 aromatic carbocycles. The van der Waals surface area contributed by atoms with Crippen molar-refractivity contribution in [2.24, 2.45) is 5.92 Å². The molecule has 0 amide bonds. The summed E-state index contributed by atoms with van der Waals surface area (Å²) in [5.41, 5.74) is 0.277. The van der Waals surface area contributed by atoms with E-state index >= 15 is 0 Å². The maximum atomic E-state index is 6.30. The quantitative estimate of drug-likeness (QED) is 0.838. The zero-order valence-electron chi connectivity index (χ0n) is 11.7. The van der Waals surface area contributed by atoms with E-state index in [1.807, 2.05) is 0 Å². The Morgan fingerprint density at radius 2 is 2.10 bits per heavy atom. The lowest BCUT2D eigenvalue weighted by Gasteiger charge is -2.63. The zero-order valence-corrected chi connectivity index (χ0v) is 12.5. The van der Waals surface area contributed by atoms with Crippen molar-refractivity contribution < 1.29 is 18.9 Å². The fourth-order valence-corrected chi connectivity index (χ4v) is 4.75. The molecule has 1 saturated carbocycles. The van der Waals surface area contributed by atoms with Gasteiger partial charge in [-0.05, 0) is 34.7 Å². The maximum Gasteiger partial charge on any atom is 0.149 e. The highest BCUT2D eigenvalue weighted by Crippen LogP contribution is 2.57. The van der Waals surface area contributed by atoms with E-state index < -0.39 is 5.60 Å². The number of hydrogen-bond acceptors (Lipinski definition) is 5. The van der Waals surface area contributed by atoms with Crippen LogP contribution in [0.3, 0.4) is 0 Å². The van der Waals surface area contributed by atoms with Gasteiger partial charge in [0.05, 0.1) is 39.1 Å². The summed E-state index contributed by atoms with van der Waals surface area (Å²) in [5.74, 6) is 0.510. The van der Waals surface area contributed by atoms with Crippen LogP contribution in [0.1, 0.15) is 18.9 Å². The van der Waals surface area contributed by atoms with E-state index in [0.29, 0.717) is 39.0 Å². The van der Waals surface area contributed by atoms with E-state index in [9.17, 15) is 0 Å². The van der Waals surface area contributed by atoms with Gasteiger partial charge >= 0.3 is 0 Å². The Morgan fingerprint density at radius 1 is 1.20 bits per heavy atom. The van der Waals surface area contributed by atoms with Crippen LogP contribution >= 0.6 is 11.3 Å². The van der Waals surface area contributed by atoms with Gasteiger partial charge in [-0.15, -0.1) is 0 Å². The maximum absolute atomic E-state index is 6.30. The van der Waals surface area contributed by atoms with Crippen LogP contribution in [0.2, 0.25) is 0 Å². The molecule has 4 nitrogen and oxygen atoms in total. The molecule has 2 aliphatic heterocycles. The van der Waals surface area contributed by atoms with Crippen LogP contribution in [-0.4, -0.2) is 44.7 Å². The third kappa shape index (κ3) is 1.61. The fourth-order valence-electron chi connectivity index (χ4n) is 4.03. The Bertz CT molecular complexity index is 464. The molecule has 20 heavy (non-hydrogen) atoms. The first-order valence-corrected chi connectivity index (χ1v) is 8.23. The lowest BCUT2D eigenvalue weighted by molar-refractivity contribution is -0.368. The van der Waals surface area contributed by atoms with Crippen molar-refractivity contribution in [3.8, 4) is 0 Å². The molecule has 0 bridgehead atoms. The van der Waals surface area contributed by atoms with Gasteiger partial charge in [0.2, 0.25) is 0 Å². The highest BCUT2D eigenvalue weighted by atomic mass is 32.1. The Kier molecular flexibility index (Phi) is 3.16. The monoisotopic (exact) mass is 296 g/mol. The smallest absolute Gasteiger partial charge is 0.149 e. The van der Waals surface area contributed by atoms with Crippen molar-refractivity contribution >= 4 is 11.3 Å². The number of rotatable bonds is 2. The summed E-state index contributed by atoms with van der Waals surface area (Å²) < 4.78 is 24.4. The average Bonchev–Trinajstić information content (AvgIpc) is 3.01. The van der Waals surface area contributed by atoms with Crippen LogP contribution in [0.4, 0.5) is 0 Å². The van der Waals surface area contributed by atoms with Crippen LogP contribution in [0.25, 0.3) is 0 Å². The van der Waals surface area contributed by atoms with E-state index in [1.165, 1.54) is 5.56 Å². The van der Waals surface area contributed by atoms with Crippen LogP contribution in [0, 0.1) is 5.92 Å². The molecular weight excluding hydrogens is 276 g/mol. The molecule has 4 rings (SSSR count). The first kappa shape index (κ1) is 13.2. The lowest BCUT2D eigenvalue weighted by Crippen LogP contribution is -2.75. The van der Waals surface area contributed by atoms with Gasteiger partial charge in [0.25, 0.3) is 0 Å². The van der Waals surface area contributed by atoms with Gasteiger partial charge < -0.3 is 18.9 Å². The summed E-state index contributed by atoms with van der Waals surface area (Å²) in [5, 5.41) is 4.24. The summed E-state index contributed by atoms with van der Waals surface area (Å²) in [6, 6.07) is 2.13. The zero-order chi connectivity index (χ0) is 13.6. The van der Waals surface area contributed by atoms with Gasteiger partial charge in [-0.25, -0.2) is 0 Å². The van der Waals surface area contributed by atoms with Crippen LogP contribution in [0.5, 0.6) is 0 Å². The summed E-state index contributed by atoms with van der Waals surface area (Å²) in [4.78, 5) is 0. The molecule has 3 aliphatic rings. The Morgan fingerprint density at radius 3 is 2.80 bits per heavy atom. The fraction of sp³-hybridized carbons (Fsp3) is 0.733. The normalized spacial score (nSPS) is 44.6. The van der Waals surface area contributed by atoms with Crippen LogP contribution < -0.4 is 0 Å². The molecule has 110 valence electrons. The third-order valence-corrected chi connectivity index (χ3v) is 5.58. The van der Waals surface area contributed by atoms with Gasteiger partial charge in [-0.2, -0.15) is 11.3 Å². The van der Waals surface area contributed by atoms with Gasteiger partial charge in [-0.1, -0.05) is 6.92 Å². The molecule has 0 spiro atoms. The molecule has 3 fully saturated rings. The summed E-state index contributed by atoms with van der Waals surface area (Å²) in [7, 11) is 0. The molecule has 3 heterocycles.